The van der Waals surface area contributed by atoms with Crippen LogP contribution in [0.5, 0.6) is 0 Å². The van der Waals surface area contributed by atoms with Crippen LogP contribution in [-0.2, 0) is 4.79 Å². The number of carbonyl (C=O) groups excluding carboxylic acids is 1. The van der Waals surface area contributed by atoms with Gasteiger partial charge < -0.3 is 11.1 Å². The predicted molar refractivity (Wildman–Crippen MR) is 84.5 cm³/mol. The van der Waals surface area contributed by atoms with Crippen molar-refractivity contribution in [3.8, 4) is 0 Å². The van der Waals surface area contributed by atoms with Crippen molar-refractivity contribution in [3.05, 3.63) is 34.4 Å². The molecule has 0 spiro atoms. The van der Waals surface area contributed by atoms with Gasteiger partial charge in [0.05, 0.1) is 11.5 Å². The van der Waals surface area contributed by atoms with E-state index in [1.54, 1.807) is 12.1 Å². The molecule has 2 rings (SSSR count). The summed E-state index contributed by atoms with van der Waals surface area (Å²) in [4.78, 5) is 24.6. The van der Waals surface area contributed by atoms with Gasteiger partial charge in [0.1, 0.15) is 5.69 Å². The summed E-state index contributed by atoms with van der Waals surface area (Å²) in [6, 6.07) is 6.27. The summed E-state index contributed by atoms with van der Waals surface area (Å²) < 4.78 is 0. The molecule has 1 aliphatic heterocycles. The van der Waals surface area contributed by atoms with Crippen LogP contribution in [-0.4, -0.2) is 41.4 Å². The van der Waals surface area contributed by atoms with E-state index in [0.29, 0.717) is 5.92 Å². The first-order valence-corrected chi connectivity index (χ1v) is 7.48. The van der Waals surface area contributed by atoms with Crippen molar-refractivity contribution < 1.29 is 9.72 Å². The van der Waals surface area contributed by atoms with Crippen molar-refractivity contribution in [2.24, 2.45) is 11.7 Å². The average Bonchev–Trinajstić information content (AvgIpc) is 2.47. The molecule has 1 heterocycles. The first-order chi connectivity index (χ1) is 10.5. The van der Waals surface area contributed by atoms with Crippen molar-refractivity contribution in [1.29, 1.82) is 0 Å². The van der Waals surface area contributed by atoms with Crippen molar-refractivity contribution in [2.45, 2.75) is 25.8 Å². The number of rotatable bonds is 5. The highest BCUT2D eigenvalue weighted by Gasteiger charge is 2.24. The van der Waals surface area contributed by atoms with E-state index in [9.17, 15) is 14.9 Å². The molecule has 1 amide bonds. The minimum absolute atomic E-state index is 0.0945. The Bertz CT molecular complexity index is 547. The normalized spacial score (nSPS) is 20.4. The SMILES string of the molecule is CC(N)C1CCCN(CC(=O)Nc2ccccc2[N+](=O)[O-])C1. The second kappa shape index (κ2) is 7.33. The predicted octanol–water partition coefficient (Wildman–Crippen LogP) is 1.59. The van der Waals surface area contributed by atoms with Crippen LogP contribution in [0, 0.1) is 16.0 Å². The van der Waals surface area contributed by atoms with E-state index in [2.05, 4.69) is 10.2 Å². The lowest BCUT2D eigenvalue weighted by Gasteiger charge is -2.34. The molecule has 0 radical (unpaired) electrons. The Morgan fingerprint density at radius 2 is 2.27 bits per heavy atom. The van der Waals surface area contributed by atoms with Gasteiger partial charge in [-0.25, -0.2) is 0 Å². The molecule has 1 saturated heterocycles. The summed E-state index contributed by atoms with van der Waals surface area (Å²) in [6.45, 7) is 3.87. The average molecular weight is 306 g/mol. The van der Waals surface area contributed by atoms with Gasteiger partial charge in [-0.3, -0.25) is 19.8 Å². The number of piperidine rings is 1. The molecule has 2 atom stereocenters. The lowest BCUT2D eigenvalue weighted by molar-refractivity contribution is -0.383. The number of benzene rings is 1. The maximum Gasteiger partial charge on any atom is 0.292 e. The molecule has 0 bridgehead atoms. The summed E-state index contributed by atoms with van der Waals surface area (Å²) >= 11 is 0. The van der Waals surface area contributed by atoms with Gasteiger partial charge in [0, 0.05) is 18.7 Å². The number of anilines is 1. The lowest BCUT2D eigenvalue weighted by Crippen LogP contribution is -2.45. The monoisotopic (exact) mass is 306 g/mol. The summed E-state index contributed by atoms with van der Waals surface area (Å²) in [5.41, 5.74) is 6.07. The molecule has 1 fully saturated rings. The number of hydrogen-bond donors (Lipinski definition) is 2. The first kappa shape index (κ1) is 16.4. The van der Waals surface area contributed by atoms with Crippen LogP contribution in [0.4, 0.5) is 11.4 Å². The van der Waals surface area contributed by atoms with Gasteiger partial charge in [-0.05, 0) is 38.3 Å². The molecular weight excluding hydrogens is 284 g/mol. The molecule has 1 aromatic carbocycles. The van der Waals surface area contributed by atoms with Gasteiger partial charge in [-0.1, -0.05) is 12.1 Å². The molecule has 22 heavy (non-hydrogen) atoms. The third kappa shape index (κ3) is 4.25. The van der Waals surface area contributed by atoms with Crippen LogP contribution in [0.2, 0.25) is 0 Å². The minimum Gasteiger partial charge on any atom is -0.328 e. The van der Waals surface area contributed by atoms with Gasteiger partial charge in [-0.15, -0.1) is 0 Å². The highest BCUT2D eigenvalue weighted by atomic mass is 16.6. The van der Waals surface area contributed by atoms with E-state index < -0.39 is 4.92 Å². The maximum absolute atomic E-state index is 12.1. The summed E-state index contributed by atoms with van der Waals surface area (Å²) in [5.74, 6) is 0.159. The molecule has 0 aromatic heterocycles. The van der Waals surface area contributed by atoms with Crippen molar-refractivity contribution in [3.63, 3.8) is 0 Å². The van der Waals surface area contributed by atoms with E-state index in [1.165, 1.54) is 12.1 Å². The Morgan fingerprint density at radius 3 is 2.95 bits per heavy atom. The number of nitro groups is 1. The van der Waals surface area contributed by atoms with Gasteiger partial charge >= 0.3 is 0 Å². The quantitative estimate of drug-likeness (QED) is 0.635. The van der Waals surface area contributed by atoms with Gasteiger partial charge in [0.2, 0.25) is 5.91 Å². The number of amides is 1. The number of hydrogen-bond acceptors (Lipinski definition) is 5. The van der Waals surface area contributed by atoms with Gasteiger partial charge in [0.25, 0.3) is 5.69 Å². The summed E-state index contributed by atoms with van der Waals surface area (Å²) in [7, 11) is 0. The number of para-hydroxylation sites is 2. The second-order valence-corrected chi connectivity index (χ2v) is 5.82. The Labute approximate surface area is 129 Å². The van der Waals surface area contributed by atoms with E-state index in [0.717, 1.165) is 25.9 Å². The third-order valence-corrected chi connectivity index (χ3v) is 4.03. The van der Waals surface area contributed by atoms with E-state index in [1.807, 2.05) is 6.92 Å². The zero-order valence-corrected chi connectivity index (χ0v) is 12.7. The zero-order chi connectivity index (χ0) is 16.1. The number of carbonyl (C=O) groups is 1. The highest BCUT2D eigenvalue weighted by Crippen LogP contribution is 2.23. The van der Waals surface area contributed by atoms with Crippen molar-refractivity contribution >= 4 is 17.3 Å². The van der Waals surface area contributed by atoms with Crippen LogP contribution in [0.25, 0.3) is 0 Å². The number of nitro benzene ring substituents is 1. The standard InChI is InChI=1S/C15H22N4O3/c1-11(16)12-5-4-8-18(9-12)10-15(20)17-13-6-2-3-7-14(13)19(21)22/h2-3,6-7,11-12H,4-5,8-10,16H2,1H3,(H,17,20). The minimum atomic E-state index is -0.497. The number of nitrogens with two attached hydrogens (primary N) is 1. The fraction of sp³-hybridized carbons (Fsp3) is 0.533. The van der Waals surface area contributed by atoms with Crippen molar-refractivity contribution in [1.82, 2.24) is 4.90 Å². The fourth-order valence-electron chi connectivity index (χ4n) is 2.80. The molecule has 7 nitrogen and oxygen atoms in total. The molecule has 3 N–H and O–H groups in total. The largest absolute Gasteiger partial charge is 0.328 e. The van der Waals surface area contributed by atoms with E-state index in [-0.39, 0.29) is 29.9 Å². The van der Waals surface area contributed by atoms with Crippen LogP contribution in [0.1, 0.15) is 19.8 Å². The number of nitrogens with one attached hydrogen (secondary N) is 1. The Balaban J connectivity index is 1.94. The van der Waals surface area contributed by atoms with Crippen LogP contribution in [0.3, 0.4) is 0 Å². The molecular formula is C15H22N4O3. The van der Waals surface area contributed by atoms with Crippen LogP contribution < -0.4 is 11.1 Å². The topological polar surface area (TPSA) is 102 Å². The zero-order valence-electron chi connectivity index (χ0n) is 12.7. The fourth-order valence-corrected chi connectivity index (χ4v) is 2.80. The molecule has 7 heteroatoms. The first-order valence-electron chi connectivity index (χ1n) is 7.48. The third-order valence-electron chi connectivity index (χ3n) is 4.03. The van der Waals surface area contributed by atoms with Crippen LogP contribution >= 0.6 is 0 Å². The smallest absolute Gasteiger partial charge is 0.292 e. The Hall–Kier alpha value is -1.99. The Morgan fingerprint density at radius 1 is 1.55 bits per heavy atom. The molecule has 0 aliphatic carbocycles. The highest BCUT2D eigenvalue weighted by molar-refractivity contribution is 5.94. The lowest BCUT2D eigenvalue weighted by atomic mass is 9.92. The van der Waals surface area contributed by atoms with Crippen molar-refractivity contribution in [2.75, 3.05) is 25.0 Å². The van der Waals surface area contributed by atoms with Crippen LogP contribution in [0.15, 0.2) is 24.3 Å². The van der Waals surface area contributed by atoms with E-state index in [4.69, 9.17) is 5.73 Å². The molecule has 2 unspecified atom stereocenters. The summed E-state index contributed by atoms with van der Waals surface area (Å²) in [5, 5.41) is 13.6. The Kier molecular flexibility index (Phi) is 5.46. The number of likely N-dealkylation sites (tertiary alicyclic amines) is 1. The number of nitrogens with zero attached hydrogens (tertiary/aromatic N) is 2. The molecule has 1 aliphatic rings. The molecule has 120 valence electrons. The molecule has 1 aromatic rings. The molecule has 0 saturated carbocycles. The maximum atomic E-state index is 12.1. The van der Waals surface area contributed by atoms with Gasteiger partial charge in [-0.2, -0.15) is 0 Å². The van der Waals surface area contributed by atoms with E-state index >= 15 is 0 Å². The van der Waals surface area contributed by atoms with Gasteiger partial charge in [0.15, 0.2) is 0 Å². The second-order valence-electron chi connectivity index (χ2n) is 5.82. The summed E-state index contributed by atoms with van der Waals surface area (Å²) in [6.07, 6.45) is 2.10.